The molecule has 0 spiro atoms. The Morgan fingerprint density at radius 1 is 1.45 bits per heavy atom. The van der Waals surface area contributed by atoms with E-state index < -0.39 is 18.0 Å². The van der Waals surface area contributed by atoms with Gasteiger partial charge in [-0.3, -0.25) is 9.59 Å². The summed E-state index contributed by atoms with van der Waals surface area (Å²) in [6.45, 7) is 3.21. The van der Waals surface area contributed by atoms with Crippen LogP contribution in [0.5, 0.6) is 0 Å². The summed E-state index contributed by atoms with van der Waals surface area (Å²) in [6.07, 6.45) is 0.154. The first-order valence-electron chi connectivity index (χ1n) is 6.02. The Bertz CT molecular complexity index is 493. The number of Topliss-reactive ketones (excluding diaryl/α,β-unsaturated/α-hetero) is 1. The Morgan fingerprint density at radius 2 is 2.10 bits per heavy atom. The minimum atomic E-state index is -0.723. The van der Waals surface area contributed by atoms with E-state index in [-0.39, 0.29) is 17.8 Å². The molecule has 0 amide bonds. The molecule has 1 heterocycles. The van der Waals surface area contributed by atoms with E-state index in [1.807, 2.05) is 6.92 Å². The number of hydrogen-bond donors (Lipinski definition) is 0. The highest BCUT2D eigenvalue weighted by molar-refractivity contribution is 9.12. The lowest BCUT2D eigenvalue weighted by atomic mass is 10.1. The molecule has 0 fully saturated rings. The molecule has 110 valence electrons. The van der Waals surface area contributed by atoms with Crippen molar-refractivity contribution in [1.82, 2.24) is 0 Å². The Balaban J connectivity index is 2.96. The van der Waals surface area contributed by atoms with E-state index in [1.54, 1.807) is 0 Å². The van der Waals surface area contributed by atoms with Crippen LogP contribution in [0, 0.1) is 0 Å². The second kappa shape index (κ2) is 7.73. The Morgan fingerprint density at radius 3 is 2.55 bits per heavy atom. The van der Waals surface area contributed by atoms with Gasteiger partial charge in [0, 0.05) is 4.99 Å². The smallest absolute Gasteiger partial charge is 0.344 e. The molecule has 0 saturated carbocycles. The first-order valence-corrected chi connectivity index (χ1v) is 7.73. The molecule has 1 aliphatic heterocycles. The lowest BCUT2D eigenvalue weighted by Crippen LogP contribution is -2.24. The summed E-state index contributed by atoms with van der Waals surface area (Å²) in [5, 5.41) is 0. The lowest BCUT2D eigenvalue weighted by Gasteiger charge is -2.16. The van der Waals surface area contributed by atoms with Crippen molar-refractivity contribution >= 4 is 49.6 Å². The maximum Gasteiger partial charge on any atom is 0.344 e. The summed E-state index contributed by atoms with van der Waals surface area (Å²) >= 11 is 6.35. The SMILES string of the molecule is CCCC(OC(=O)CC(C)=O)C1=C(Br)C(=CBr)OC1=O. The number of cyclic esters (lactones) is 1. The van der Waals surface area contributed by atoms with Crippen molar-refractivity contribution in [3.8, 4) is 0 Å². The molecule has 0 saturated heterocycles. The van der Waals surface area contributed by atoms with Crippen LogP contribution in [0.3, 0.4) is 0 Å². The van der Waals surface area contributed by atoms with E-state index in [4.69, 9.17) is 9.47 Å². The van der Waals surface area contributed by atoms with E-state index >= 15 is 0 Å². The summed E-state index contributed by atoms with van der Waals surface area (Å²) in [7, 11) is 0. The van der Waals surface area contributed by atoms with Gasteiger partial charge in [-0.25, -0.2) is 4.79 Å². The van der Waals surface area contributed by atoms with Gasteiger partial charge in [0.15, 0.2) is 5.76 Å². The zero-order chi connectivity index (χ0) is 15.3. The van der Waals surface area contributed by atoms with Crippen molar-refractivity contribution in [1.29, 1.82) is 0 Å². The van der Waals surface area contributed by atoms with Gasteiger partial charge >= 0.3 is 11.9 Å². The van der Waals surface area contributed by atoms with Gasteiger partial charge < -0.3 is 9.47 Å². The number of ether oxygens (including phenoxy) is 2. The molecular weight excluding hydrogens is 396 g/mol. The van der Waals surface area contributed by atoms with Gasteiger partial charge in [0.25, 0.3) is 0 Å². The largest absolute Gasteiger partial charge is 0.457 e. The molecule has 1 rings (SSSR count). The number of rotatable bonds is 6. The number of carbonyl (C=O) groups excluding carboxylic acids is 3. The Hall–Kier alpha value is -0.950. The molecule has 0 aromatic carbocycles. The number of carbonyl (C=O) groups is 3. The molecule has 5 nitrogen and oxygen atoms in total. The van der Waals surface area contributed by atoms with Gasteiger partial charge in [-0.1, -0.05) is 29.3 Å². The van der Waals surface area contributed by atoms with Gasteiger partial charge in [-0.2, -0.15) is 0 Å². The Kier molecular flexibility index (Phi) is 6.61. The second-order valence-electron chi connectivity index (χ2n) is 4.24. The van der Waals surface area contributed by atoms with E-state index in [9.17, 15) is 14.4 Å². The van der Waals surface area contributed by atoms with Gasteiger partial charge in [0.2, 0.25) is 0 Å². The zero-order valence-corrected chi connectivity index (χ0v) is 14.2. The fourth-order valence-electron chi connectivity index (χ4n) is 1.69. The zero-order valence-electron chi connectivity index (χ0n) is 11.1. The fraction of sp³-hybridized carbons (Fsp3) is 0.462. The summed E-state index contributed by atoms with van der Waals surface area (Å²) in [5.74, 6) is -1.16. The standard InChI is InChI=1S/C13H14Br2O5/c1-3-4-8(19-10(17)5-7(2)16)11-12(15)9(6-14)20-13(11)18/h6,8H,3-5H2,1-2H3. The van der Waals surface area contributed by atoms with Crippen molar-refractivity contribution in [3.63, 3.8) is 0 Å². The van der Waals surface area contributed by atoms with Crippen molar-refractivity contribution in [2.24, 2.45) is 0 Å². The van der Waals surface area contributed by atoms with Crippen LogP contribution in [0.15, 0.2) is 20.8 Å². The maximum atomic E-state index is 11.8. The molecule has 1 atom stereocenters. The van der Waals surface area contributed by atoms with Crippen LogP contribution < -0.4 is 0 Å². The first kappa shape index (κ1) is 17.1. The van der Waals surface area contributed by atoms with Crippen LogP contribution in [-0.2, 0) is 23.9 Å². The van der Waals surface area contributed by atoms with E-state index in [2.05, 4.69) is 31.9 Å². The molecule has 0 radical (unpaired) electrons. The number of ketones is 1. The molecule has 20 heavy (non-hydrogen) atoms. The average molecular weight is 410 g/mol. The third-order valence-electron chi connectivity index (χ3n) is 2.51. The van der Waals surface area contributed by atoms with Crippen LogP contribution in [-0.4, -0.2) is 23.8 Å². The summed E-state index contributed by atoms with van der Waals surface area (Å²) in [5.41, 5.74) is 0.259. The predicted molar refractivity (Wildman–Crippen MR) is 79.1 cm³/mol. The minimum absolute atomic E-state index is 0.259. The minimum Gasteiger partial charge on any atom is -0.457 e. The van der Waals surface area contributed by atoms with Crippen LogP contribution in [0.1, 0.15) is 33.1 Å². The van der Waals surface area contributed by atoms with Gasteiger partial charge in [0.05, 0.1) is 10.1 Å². The molecule has 1 unspecified atom stereocenters. The quantitative estimate of drug-likeness (QED) is 0.497. The summed E-state index contributed by atoms with van der Waals surface area (Å²) in [4.78, 5) is 35.8. The normalized spacial score (nSPS) is 18.2. The highest BCUT2D eigenvalue weighted by Crippen LogP contribution is 2.35. The maximum absolute atomic E-state index is 11.8. The molecule has 0 N–H and O–H groups in total. The van der Waals surface area contributed by atoms with Gasteiger partial charge in [0.1, 0.15) is 18.3 Å². The highest BCUT2D eigenvalue weighted by Gasteiger charge is 2.35. The second-order valence-corrected chi connectivity index (χ2v) is 5.49. The summed E-state index contributed by atoms with van der Waals surface area (Å²) < 4.78 is 10.7. The average Bonchev–Trinajstić information content (AvgIpc) is 2.62. The summed E-state index contributed by atoms with van der Waals surface area (Å²) in [6, 6.07) is 0. The van der Waals surface area contributed by atoms with Crippen LogP contribution >= 0.6 is 31.9 Å². The van der Waals surface area contributed by atoms with Crippen LogP contribution in [0.2, 0.25) is 0 Å². The van der Waals surface area contributed by atoms with Crippen LogP contribution in [0.25, 0.3) is 0 Å². The van der Waals surface area contributed by atoms with Gasteiger partial charge in [-0.15, -0.1) is 0 Å². The number of allylic oxidation sites excluding steroid dienone is 1. The fourth-order valence-corrected chi connectivity index (χ4v) is 2.94. The molecule has 7 heteroatoms. The first-order chi connectivity index (χ1) is 9.40. The van der Waals surface area contributed by atoms with Crippen LogP contribution in [0.4, 0.5) is 0 Å². The van der Waals surface area contributed by atoms with Crippen molar-refractivity contribution in [2.75, 3.05) is 0 Å². The third kappa shape index (κ3) is 4.28. The number of halogens is 2. The third-order valence-corrected chi connectivity index (χ3v) is 3.75. The molecule has 0 aromatic rings. The predicted octanol–water partition coefficient (Wildman–Crippen LogP) is 3.12. The molecule has 0 aliphatic carbocycles. The molecule has 1 aliphatic rings. The van der Waals surface area contributed by atoms with Gasteiger partial charge in [-0.05, 0) is 29.3 Å². The highest BCUT2D eigenvalue weighted by atomic mass is 79.9. The lowest BCUT2D eigenvalue weighted by molar-refractivity contribution is -0.150. The molecule has 0 aromatic heterocycles. The topological polar surface area (TPSA) is 69.7 Å². The van der Waals surface area contributed by atoms with Crippen molar-refractivity contribution in [3.05, 3.63) is 20.8 Å². The Labute approximate surface area is 133 Å². The monoisotopic (exact) mass is 408 g/mol. The van der Waals surface area contributed by atoms with Crippen molar-refractivity contribution in [2.45, 2.75) is 39.2 Å². The molecular formula is C13H14Br2O5. The van der Waals surface area contributed by atoms with E-state index in [0.29, 0.717) is 23.1 Å². The molecule has 0 bridgehead atoms. The number of esters is 2. The number of hydrogen-bond acceptors (Lipinski definition) is 5. The van der Waals surface area contributed by atoms with Crippen molar-refractivity contribution < 1.29 is 23.9 Å². The van der Waals surface area contributed by atoms with E-state index in [1.165, 1.54) is 11.9 Å². The van der Waals surface area contributed by atoms with E-state index in [0.717, 1.165) is 0 Å².